The molecule has 0 aliphatic heterocycles. The molecule has 0 atom stereocenters. The van der Waals surface area contributed by atoms with Crippen LogP contribution in [0.5, 0.6) is 0 Å². The van der Waals surface area contributed by atoms with Gasteiger partial charge in [0.2, 0.25) is 0 Å². The fourth-order valence-corrected chi connectivity index (χ4v) is 4.98. The highest BCUT2D eigenvalue weighted by atomic mass is 79.9. The smallest absolute Gasteiger partial charge is 0.280 e. The van der Waals surface area contributed by atoms with E-state index in [1.54, 1.807) is 17.4 Å². The standard InChI is InChI=1S/C23H25BrN2OS/c1-5-9-20-21(17-13-12-15(3)16(4)14-17)26(6-2)23(28-20)25-22(27)18-10-7-8-11-19(18)24/h7-8,10-14H,5-6,9H2,1-4H3. The molecule has 0 unspecified atom stereocenters. The number of rotatable bonds is 5. The summed E-state index contributed by atoms with van der Waals surface area (Å²) in [5.41, 5.74) is 5.53. The van der Waals surface area contributed by atoms with Gasteiger partial charge in [-0.2, -0.15) is 4.99 Å². The van der Waals surface area contributed by atoms with Crippen molar-refractivity contribution in [3.63, 3.8) is 0 Å². The van der Waals surface area contributed by atoms with Crippen molar-refractivity contribution in [2.45, 2.75) is 47.1 Å². The molecule has 1 aromatic heterocycles. The van der Waals surface area contributed by atoms with Crippen LogP contribution in [0, 0.1) is 13.8 Å². The molecule has 146 valence electrons. The van der Waals surface area contributed by atoms with E-state index in [-0.39, 0.29) is 5.91 Å². The summed E-state index contributed by atoms with van der Waals surface area (Å²) >= 11 is 5.09. The second-order valence-corrected chi connectivity index (χ2v) is 8.76. The van der Waals surface area contributed by atoms with Crippen molar-refractivity contribution < 1.29 is 4.79 Å². The average molecular weight is 457 g/mol. The number of nitrogens with zero attached hydrogens (tertiary/aromatic N) is 2. The first-order valence-corrected chi connectivity index (χ1v) is 11.2. The lowest BCUT2D eigenvalue weighted by atomic mass is 10.0. The molecule has 1 amide bonds. The van der Waals surface area contributed by atoms with Gasteiger partial charge in [0, 0.05) is 15.9 Å². The molecule has 3 nitrogen and oxygen atoms in total. The van der Waals surface area contributed by atoms with Crippen molar-refractivity contribution in [2.24, 2.45) is 4.99 Å². The first-order chi connectivity index (χ1) is 13.5. The maximum atomic E-state index is 12.8. The lowest BCUT2D eigenvalue weighted by Gasteiger charge is -2.11. The van der Waals surface area contributed by atoms with Crippen LogP contribution in [0.3, 0.4) is 0 Å². The summed E-state index contributed by atoms with van der Waals surface area (Å²) in [7, 11) is 0. The Kier molecular flexibility index (Phi) is 6.68. The summed E-state index contributed by atoms with van der Waals surface area (Å²) in [4.78, 5) is 19.4. The van der Waals surface area contributed by atoms with Gasteiger partial charge in [-0.1, -0.05) is 37.6 Å². The normalized spacial score (nSPS) is 11.8. The Morgan fingerprint density at radius 2 is 1.86 bits per heavy atom. The third kappa shape index (κ3) is 4.20. The topological polar surface area (TPSA) is 34.4 Å². The largest absolute Gasteiger partial charge is 0.316 e. The zero-order valence-corrected chi connectivity index (χ0v) is 19.2. The molecule has 0 radical (unpaired) electrons. The molecule has 2 aromatic carbocycles. The summed E-state index contributed by atoms with van der Waals surface area (Å²) in [5.74, 6) is -0.217. The van der Waals surface area contributed by atoms with Crippen LogP contribution in [0.2, 0.25) is 0 Å². The van der Waals surface area contributed by atoms with Crippen molar-refractivity contribution >= 4 is 33.2 Å². The number of benzene rings is 2. The van der Waals surface area contributed by atoms with Gasteiger partial charge in [0.25, 0.3) is 5.91 Å². The molecule has 1 heterocycles. The van der Waals surface area contributed by atoms with Crippen LogP contribution in [0.1, 0.15) is 46.6 Å². The summed E-state index contributed by atoms with van der Waals surface area (Å²) in [6.45, 7) is 9.33. The van der Waals surface area contributed by atoms with Crippen LogP contribution < -0.4 is 4.80 Å². The van der Waals surface area contributed by atoms with E-state index in [0.29, 0.717) is 5.56 Å². The van der Waals surface area contributed by atoms with Gasteiger partial charge in [-0.05, 0) is 78.0 Å². The maximum Gasteiger partial charge on any atom is 0.280 e. The molecule has 0 aliphatic rings. The Balaban J connectivity index is 2.19. The molecule has 0 saturated heterocycles. The molecule has 3 aromatic rings. The van der Waals surface area contributed by atoms with Crippen LogP contribution in [-0.2, 0) is 13.0 Å². The van der Waals surface area contributed by atoms with E-state index < -0.39 is 0 Å². The van der Waals surface area contributed by atoms with Crippen LogP contribution in [0.15, 0.2) is 51.9 Å². The predicted molar refractivity (Wildman–Crippen MR) is 121 cm³/mol. The monoisotopic (exact) mass is 456 g/mol. The number of amides is 1. The van der Waals surface area contributed by atoms with Crippen LogP contribution >= 0.6 is 27.3 Å². The van der Waals surface area contributed by atoms with E-state index in [1.165, 1.54) is 27.3 Å². The molecule has 28 heavy (non-hydrogen) atoms. The number of aryl methyl sites for hydroxylation is 3. The number of carbonyl (C=O) groups is 1. The Bertz CT molecular complexity index is 1080. The highest BCUT2D eigenvalue weighted by Gasteiger charge is 2.16. The average Bonchev–Trinajstić information content (AvgIpc) is 3.01. The zero-order valence-electron chi connectivity index (χ0n) is 16.8. The number of thiazole rings is 1. The lowest BCUT2D eigenvalue weighted by Crippen LogP contribution is -2.17. The van der Waals surface area contributed by atoms with Gasteiger partial charge < -0.3 is 4.57 Å². The van der Waals surface area contributed by atoms with Crippen LogP contribution in [0.4, 0.5) is 0 Å². The molecule has 5 heteroatoms. The third-order valence-electron chi connectivity index (χ3n) is 4.85. The van der Waals surface area contributed by atoms with Gasteiger partial charge in [0.05, 0.1) is 11.3 Å². The van der Waals surface area contributed by atoms with E-state index in [1.807, 2.05) is 18.2 Å². The van der Waals surface area contributed by atoms with Gasteiger partial charge in [-0.25, -0.2) is 0 Å². The number of aromatic nitrogens is 1. The molecule has 0 aliphatic carbocycles. The number of carbonyl (C=O) groups excluding carboxylic acids is 1. The molecule has 3 rings (SSSR count). The van der Waals surface area contributed by atoms with Crippen molar-refractivity contribution in [3.05, 3.63) is 73.3 Å². The first kappa shape index (κ1) is 20.7. The first-order valence-electron chi connectivity index (χ1n) is 9.60. The Labute approximate surface area is 178 Å². The number of halogens is 1. The van der Waals surface area contributed by atoms with Crippen molar-refractivity contribution in [1.82, 2.24) is 4.57 Å². The fraction of sp³-hybridized carbons (Fsp3) is 0.304. The SMILES string of the molecule is CCCc1sc(=NC(=O)c2ccccc2Br)n(CC)c1-c1ccc(C)c(C)c1. The maximum absolute atomic E-state index is 12.8. The van der Waals surface area contributed by atoms with Crippen LogP contribution in [-0.4, -0.2) is 10.5 Å². The molecule has 0 saturated carbocycles. The number of hydrogen-bond donors (Lipinski definition) is 0. The van der Waals surface area contributed by atoms with Gasteiger partial charge in [0.1, 0.15) is 0 Å². The van der Waals surface area contributed by atoms with Crippen LogP contribution in [0.25, 0.3) is 11.3 Å². The molecule has 0 N–H and O–H groups in total. The minimum Gasteiger partial charge on any atom is -0.316 e. The predicted octanol–water partition coefficient (Wildman–Crippen LogP) is 6.31. The highest BCUT2D eigenvalue weighted by molar-refractivity contribution is 9.10. The molecule has 0 fully saturated rings. The summed E-state index contributed by atoms with van der Waals surface area (Å²) in [6, 6.07) is 14.0. The van der Waals surface area contributed by atoms with Crippen molar-refractivity contribution in [3.8, 4) is 11.3 Å². The second kappa shape index (κ2) is 9.01. The quantitative estimate of drug-likeness (QED) is 0.442. The van der Waals surface area contributed by atoms with E-state index in [9.17, 15) is 4.79 Å². The Morgan fingerprint density at radius 3 is 2.50 bits per heavy atom. The third-order valence-corrected chi connectivity index (χ3v) is 6.68. The Morgan fingerprint density at radius 1 is 1.11 bits per heavy atom. The van der Waals surface area contributed by atoms with Crippen molar-refractivity contribution in [2.75, 3.05) is 0 Å². The summed E-state index contributed by atoms with van der Waals surface area (Å²) in [5, 5.41) is 0. The molecule has 0 bridgehead atoms. The number of hydrogen-bond acceptors (Lipinski definition) is 2. The van der Waals surface area contributed by atoms with E-state index in [0.717, 1.165) is 28.7 Å². The molecule has 0 spiro atoms. The molecular formula is C23H25BrN2OS. The van der Waals surface area contributed by atoms with Gasteiger partial charge >= 0.3 is 0 Å². The zero-order chi connectivity index (χ0) is 20.3. The van der Waals surface area contributed by atoms with E-state index in [4.69, 9.17) is 0 Å². The minimum absolute atomic E-state index is 0.217. The second-order valence-electron chi connectivity index (χ2n) is 6.85. The van der Waals surface area contributed by atoms with Gasteiger partial charge in [-0.15, -0.1) is 11.3 Å². The van der Waals surface area contributed by atoms with E-state index >= 15 is 0 Å². The minimum atomic E-state index is -0.217. The van der Waals surface area contributed by atoms with E-state index in [2.05, 4.69) is 71.4 Å². The van der Waals surface area contributed by atoms with Crippen molar-refractivity contribution in [1.29, 1.82) is 0 Å². The highest BCUT2D eigenvalue weighted by Crippen LogP contribution is 2.29. The lowest BCUT2D eigenvalue weighted by molar-refractivity contribution is 0.0997. The fourth-order valence-electron chi connectivity index (χ4n) is 3.22. The summed E-state index contributed by atoms with van der Waals surface area (Å²) in [6.07, 6.45) is 2.03. The molecular weight excluding hydrogens is 432 g/mol. The van der Waals surface area contributed by atoms with Gasteiger partial charge in [0.15, 0.2) is 4.80 Å². The Hall–Kier alpha value is -1.98. The summed E-state index contributed by atoms with van der Waals surface area (Å²) < 4.78 is 2.95. The van der Waals surface area contributed by atoms with Gasteiger partial charge in [-0.3, -0.25) is 4.79 Å².